The van der Waals surface area contributed by atoms with Crippen LogP contribution in [0.5, 0.6) is 0 Å². The minimum atomic E-state index is 0.477. The SMILES string of the molecule is CNCC1(CC2CC3CCC2C3)CCOC1C1CC1. The van der Waals surface area contributed by atoms with Crippen molar-refractivity contribution in [2.24, 2.45) is 29.1 Å². The molecular formula is C17H29NO. The molecule has 4 aliphatic rings. The van der Waals surface area contributed by atoms with Gasteiger partial charge in [-0.2, -0.15) is 0 Å². The van der Waals surface area contributed by atoms with Gasteiger partial charge in [0.1, 0.15) is 0 Å². The van der Waals surface area contributed by atoms with Gasteiger partial charge in [-0.25, -0.2) is 0 Å². The number of nitrogens with one attached hydrogen (secondary N) is 1. The van der Waals surface area contributed by atoms with Gasteiger partial charge in [-0.05, 0) is 75.7 Å². The second kappa shape index (κ2) is 4.73. The van der Waals surface area contributed by atoms with Crippen molar-refractivity contribution >= 4 is 0 Å². The number of hydrogen-bond donors (Lipinski definition) is 1. The van der Waals surface area contributed by atoms with E-state index in [9.17, 15) is 0 Å². The molecule has 5 atom stereocenters. The topological polar surface area (TPSA) is 21.3 Å². The molecule has 3 aliphatic carbocycles. The molecule has 0 aromatic heterocycles. The van der Waals surface area contributed by atoms with Gasteiger partial charge in [-0.3, -0.25) is 0 Å². The average molecular weight is 263 g/mol. The standard InChI is InChI=1S/C17H29NO/c1-18-11-17(6-7-19-16(17)13-4-5-13)10-15-9-12-2-3-14(15)8-12/h12-16,18H,2-11H2,1H3. The van der Waals surface area contributed by atoms with Crippen molar-refractivity contribution in [2.75, 3.05) is 20.2 Å². The summed E-state index contributed by atoms with van der Waals surface area (Å²) in [5.41, 5.74) is 0.477. The first kappa shape index (κ1) is 12.6. The molecule has 4 fully saturated rings. The third-order valence-electron chi connectivity index (χ3n) is 6.63. The molecule has 0 spiro atoms. The van der Waals surface area contributed by atoms with Crippen LogP contribution in [0.15, 0.2) is 0 Å². The Morgan fingerprint density at radius 1 is 1.11 bits per heavy atom. The molecule has 2 bridgehead atoms. The maximum absolute atomic E-state index is 6.20. The van der Waals surface area contributed by atoms with Gasteiger partial charge in [0.25, 0.3) is 0 Å². The fourth-order valence-electron chi connectivity index (χ4n) is 5.72. The molecule has 1 N–H and O–H groups in total. The summed E-state index contributed by atoms with van der Waals surface area (Å²) in [5, 5.41) is 3.50. The molecule has 0 amide bonds. The van der Waals surface area contributed by atoms with E-state index >= 15 is 0 Å². The van der Waals surface area contributed by atoms with Crippen LogP contribution in [0.1, 0.15) is 51.4 Å². The third kappa shape index (κ3) is 2.15. The highest BCUT2D eigenvalue weighted by molar-refractivity contribution is 5.03. The number of ether oxygens (including phenoxy) is 1. The van der Waals surface area contributed by atoms with Crippen LogP contribution in [-0.4, -0.2) is 26.3 Å². The van der Waals surface area contributed by atoms with E-state index in [2.05, 4.69) is 12.4 Å². The summed E-state index contributed by atoms with van der Waals surface area (Å²) in [4.78, 5) is 0. The normalized spacial score (nSPS) is 49.1. The summed E-state index contributed by atoms with van der Waals surface area (Å²) >= 11 is 0. The van der Waals surface area contributed by atoms with Crippen LogP contribution in [0.4, 0.5) is 0 Å². The highest BCUT2D eigenvalue weighted by Gasteiger charge is 2.53. The molecule has 1 heterocycles. The first-order chi connectivity index (χ1) is 9.31. The molecule has 5 unspecified atom stereocenters. The van der Waals surface area contributed by atoms with Crippen LogP contribution in [0.25, 0.3) is 0 Å². The zero-order valence-electron chi connectivity index (χ0n) is 12.4. The Balaban J connectivity index is 1.50. The highest BCUT2D eigenvalue weighted by atomic mass is 16.5. The molecule has 108 valence electrons. The molecule has 3 saturated carbocycles. The van der Waals surface area contributed by atoms with Gasteiger partial charge in [-0.1, -0.05) is 6.42 Å². The van der Waals surface area contributed by atoms with Gasteiger partial charge in [0.2, 0.25) is 0 Å². The van der Waals surface area contributed by atoms with Gasteiger partial charge in [-0.15, -0.1) is 0 Å². The summed E-state index contributed by atoms with van der Waals surface area (Å²) in [6.07, 6.45) is 12.3. The summed E-state index contributed by atoms with van der Waals surface area (Å²) in [5.74, 6) is 4.08. The van der Waals surface area contributed by atoms with Crippen molar-refractivity contribution in [3.8, 4) is 0 Å². The molecule has 1 aliphatic heterocycles. The Kier molecular flexibility index (Phi) is 3.15. The van der Waals surface area contributed by atoms with Crippen LogP contribution in [-0.2, 0) is 4.74 Å². The Hall–Kier alpha value is -0.0800. The summed E-state index contributed by atoms with van der Waals surface area (Å²) < 4.78 is 6.20. The van der Waals surface area contributed by atoms with E-state index in [-0.39, 0.29) is 0 Å². The smallest absolute Gasteiger partial charge is 0.0672 e. The zero-order valence-corrected chi connectivity index (χ0v) is 12.4. The molecule has 0 aromatic carbocycles. The Bertz CT molecular complexity index is 340. The molecule has 2 nitrogen and oxygen atoms in total. The maximum atomic E-state index is 6.20. The van der Waals surface area contributed by atoms with E-state index in [1.165, 1.54) is 51.5 Å². The first-order valence-corrected chi connectivity index (χ1v) is 8.57. The van der Waals surface area contributed by atoms with E-state index in [0.717, 1.165) is 30.3 Å². The Morgan fingerprint density at radius 2 is 1.95 bits per heavy atom. The van der Waals surface area contributed by atoms with Gasteiger partial charge in [0, 0.05) is 18.6 Å². The quantitative estimate of drug-likeness (QED) is 0.822. The number of fused-ring (bicyclic) bond motifs is 2. The second-order valence-corrected chi connectivity index (χ2v) is 7.91. The van der Waals surface area contributed by atoms with E-state index < -0.39 is 0 Å². The summed E-state index contributed by atoms with van der Waals surface area (Å²) in [6, 6.07) is 0. The van der Waals surface area contributed by atoms with Crippen molar-refractivity contribution in [1.82, 2.24) is 5.32 Å². The van der Waals surface area contributed by atoms with Gasteiger partial charge in [0.05, 0.1) is 6.10 Å². The van der Waals surface area contributed by atoms with E-state index in [1.54, 1.807) is 6.42 Å². The van der Waals surface area contributed by atoms with Crippen LogP contribution < -0.4 is 5.32 Å². The molecule has 0 aromatic rings. The minimum absolute atomic E-state index is 0.477. The molecular weight excluding hydrogens is 234 g/mol. The predicted molar refractivity (Wildman–Crippen MR) is 77.0 cm³/mol. The van der Waals surface area contributed by atoms with Crippen molar-refractivity contribution in [1.29, 1.82) is 0 Å². The van der Waals surface area contributed by atoms with Crippen LogP contribution >= 0.6 is 0 Å². The lowest BCUT2D eigenvalue weighted by Crippen LogP contribution is -2.43. The largest absolute Gasteiger partial charge is 0.377 e. The fourth-order valence-corrected chi connectivity index (χ4v) is 5.72. The van der Waals surface area contributed by atoms with Gasteiger partial charge in [0.15, 0.2) is 0 Å². The summed E-state index contributed by atoms with van der Waals surface area (Å²) in [6.45, 7) is 2.20. The van der Waals surface area contributed by atoms with Crippen LogP contribution in [0.3, 0.4) is 0 Å². The second-order valence-electron chi connectivity index (χ2n) is 7.91. The van der Waals surface area contributed by atoms with Crippen molar-refractivity contribution in [3.63, 3.8) is 0 Å². The molecule has 0 radical (unpaired) electrons. The summed E-state index contributed by atoms with van der Waals surface area (Å²) in [7, 11) is 2.13. The van der Waals surface area contributed by atoms with Gasteiger partial charge >= 0.3 is 0 Å². The number of rotatable bonds is 5. The lowest BCUT2D eigenvalue weighted by atomic mass is 9.69. The van der Waals surface area contributed by atoms with Crippen molar-refractivity contribution < 1.29 is 4.74 Å². The Labute approximate surface area is 117 Å². The lowest BCUT2D eigenvalue weighted by molar-refractivity contribution is 0.0147. The maximum Gasteiger partial charge on any atom is 0.0672 e. The van der Waals surface area contributed by atoms with Crippen molar-refractivity contribution in [2.45, 2.75) is 57.5 Å². The van der Waals surface area contributed by atoms with Gasteiger partial charge < -0.3 is 10.1 Å². The highest BCUT2D eigenvalue weighted by Crippen LogP contribution is 2.56. The van der Waals surface area contributed by atoms with Crippen LogP contribution in [0, 0.1) is 29.1 Å². The third-order valence-corrected chi connectivity index (χ3v) is 6.63. The van der Waals surface area contributed by atoms with E-state index in [1.807, 2.05) is 0 Å². The van der Waals surface area contributed by atoms with Crippen LogP contribution in [0.2, 0.25) is 0 Å². The lowest BCUT2D eigenvalue weighted by Gasteiger charge is -2.38. The molecule has 4 rings (SSSR count). The minimum Gasteiger partial charge on any atom is -0.377 e. The van der Waals surface area contributed by atoms with E-state index in [0.29, 0.717) is 11.5 Å². The first-order valence-electron chi connectivity index (χ1n) is 8.57. The predicted octanol–water partition coefficient (Wildman–Crippen LogP) is 3.22. The zero-order chi connectivity index (χ0) is 12.9. The molecule has 1 saturated heterocycles. The van der Waals surface area contributed by atoms with E-state index in [4.69, 9.17) is 4.74 Å². The average Bonchev–Trinajstić information content (AvgIpc) is 2.84. The monoisotopic (exact) mass is 263 g/mol. The fraction of sp³-hybridized carbons (Fsp3) is 1.00. The van der Waals surface area contributed by atoms with Crippen molar-refractivity contribution in [3.05, 3.63) is 0 Å². The molecule has 2 heteroatoms. The number of hydrogen-bond acceptors (Lipinski definition) is 2. The molecule has 19 heavy (non-hydrogen) atoms. The Morgan fingerprint density at radius 3 is 2.58 bits per heavy atom.